The first kappa shape index (κ1) is 69.8. The molecule has 7 N–H and O–H groups in total. The van der Waals surface area contributed by atoms with Crippen LogP contribution < -0.4 is 0 Å². The molecule has 77 heavy (non-hydrogen) atoms. The molecule has 0 saturated carbocycles. The van der Waals surface area contributed by atoms with Crippen molar-refractivity contribution in [3.05, 3.63) is 109 Å². The quantitative estimate of drug-likeness (QED) is 0.0172. The average Bonchev–Trinajstić information content (AvgIpc) is 3.43. The van der Waals surface area contributed by atoms with E-state index in [2.05, 4.69) is 123 Å². The van der Waals surface area contributed by atoms with E-state index in [-0.39, 0.29) is 19.6 Å². The Hall–Kier alpha value is -3.35. The van der Waals surface area contributed by atoms with Crippen molar-refractivity contribution in [1.82, 2.24) is 0 Å². The molecule has 0 spiro atoms. The van der Waals surface area contributed by atoms with Crippen molar-refractivity contribution >= 4 is 5.97 Å². The largest absolute Gasteiger partial charge is 0.457 e. The second-order valence-electron chi connectivity index (χ2n) is 20.1. The van der Waals surface area contributed by atoms with Crippen LogP contribution in [-0.2, 0) is 33.2 Å². The molecule has 0 amide bonds. The Bertz CT molecular complexity index is 1690. The van der Waals surface area contributed by atoms with E-state index in [0.717, 1.165) is 109 Å². The predicted octanol–water partition coefficient (Wildman–Crippen LogP) is 10.7. The van der Waals surface area contributed by atoms with Crippen LogP contribution >= 0.6 is 0 Å². The minimum Gasteiger partial charge on any atom is -0.457 e. The topological polar surface area (TPSA) is 214 Å². The Morgan fingerprint density at radius 3 is 1.26 bits per heavy atom. The van der Waals surface area contributed by atoms with Gasteiger partial charge in [0.15, 0.2) is 12.6 Å². The fourth-order valence-corrected chi connectivity index (χ4v) is 8.60. The second-order valence-corrected chi connectivity index (χ2v) is 20.1. The molecule has 11 unspecified atom stereocenters. The fraction of sp³-hybridized carbons (Fsp3) is 0.698. The number of esters is 1. The fourth-order valence-electron chi connectivity index (χ4n) is 8.60. The summed E-state index contributed by atoms with van der Waals surface area (Å²) in [7, 11) is 0. The highest BCUT2D eigenvalue weighted by Gasteiger charge is 2.47. The van der Waals surface area contributed by atoms with Crippen molar-refractivity contribution in [3.8, 4) is 0 Å². The monoisotopic (exact) mass is 1080 g/mol. The Balaban J connectivity index is 1.71. The molecule has 14 heteroatoms. The lowest BCUT2D eigenvalue weighted by Gasteiger charge is -2.42. The number of ether oxygens (including phenoxy) is 6. The lowest BCUT2D eigenvalue weighted by molar-refractivity contribution is -0.332. The maximum atomic E-state index is 13.1. The molecule has 2 aliphatic rings. The molecular formula is C63H104O14. The van der Waals surface area contributed by atoms with E-state index in [1.54, 1.807) is 0 Å². The third-order valence-corrected chi connectivity index (χ3v) is 13.3. The predicted molar refractivity (Wildman–Crippen MR) is 307 cm³/mol. The van der Waals surface area contributed by atoms with Crippen molar-refractivity contribution in [3.63, 3.8) is 0 Å². The highest BCUT2D eigenvalue weighted by molar-refractivity contribution is 5.69. The summed E-state index contributed by atoms with van der Waals surface area (Å²) in [6.45, 7) is 3.40. The van der Waals surface area contributed by atoms with E-state index in [9.17, 15) is 40.5 Å². The van der Waals surface area contributed by atoms with Gasteiger partial charge in [-0.1, -0.05) is 187 Å². The molecular weight excluding hydrogens is 981 g/mol. The first-order valence-corrected chi connectivity index (χ1v) is 29.5. The third kappa shape index (κ3) is 35.1. The molecule has 0 bridgehead atoms. The zero-order valence-electron chi connectivity index (χ0n) is 47.2. The van der Waals surface area contributed by atoms with Crippen LogP contribution in [0.2, 0.25) is 0 Å². The summed E-state index contributed by atoms with van der Waals surface area (Å²) in [5.74, 6) is -0.405. The number of aliphatic hydroxyl groups is 7. The van der Waals surface area contributed by atoms with Crippen LogP contribution in [0.3, 0.4) is 0 Å². The lowest BCUT2D eigenvalue weighted by Crippen LogP contribution is -2.61. The maximum Gasteiger partial charge on any atom is 0.306 e. The van der Waals surface area contributed by atoms with Gasteiger partial charge in [-0.05, 0) is 96.3 Å². The molecule has 0 aromatic rings. The van der Waals surface area contributed by atoms with Gasteiger partial charge in [-0.25, -0.2) is 0 Å². The van der Waals surface area contributed by atoms with Gasteiger partial charge in [-0.2, -0.15) is 0 Å². The number of allylic oxidation sites excluding steroid dienone is 18. The van der Waals surface area contributed by atoms with Crippen molar-refractivity contribution in [2.75, 3.05) is 33.0 Å². The van der Waals surface area contributed by atoms with Crippen LogP contribution in [0.15, 0.2) is 109 Å². The molecule has 2 aliphatic heterocycles. The molecule has 2 saturated heterocycles. The molecule has 0 aromatic heterocycles. The molecule has 440 valence electrons. The summed E-state index contributed by atoms with van der Waals surface area (Å²) in [5, 5.41) is 72.4. The van der Waals surface area contributed by atoms with Gasteiger partial charge in [-0.15, -0.1) is 0 Å². The summed E-state index contributed by atoms with van der Waals surface area (Å²) in [5.41, 5.74) is 0. The van der Waals surface area contributed by atoms with Crippen molar-refractivity contribution in [1.29, 1.82) is 0 Å². The van der Waals surface area contributed by atoms with Crippen LogP contribution in [-0.4, -0.2) is 142 Å². The Morgan fingerprint density at radius 2 is 0.805 bits per heavy atom. The normalized spacial score (nSPS) is 25.1. The highest BCUT2D eigenvalue weighted by atomic mass is 16.7. The number of hydrogen-bond acceptors (Lipinski definition) is 14. The van der Waals surface area contributed by atoms with Gasteiger partial charge >= 0.3 is 5.97 Å². The van der Waals surface area contributed by atoms with Gasteiger partial charge in [-0.3, -0.25) is 4.79 Å². The Morgan fingerprint density at radius 1 is 0.429 bits per heavy atom. The first-order valence-electron chi connectivity index (χ1n) is 29.5. The molecule has 14 nitrogen and oxygen atoms in total. The SMILES string of the molecule is CC/C=C\C/C=C\C/C=C\C/C=C\C/C=C\CCCCCCCCCCCCOCC(COC1OC(COC2OC(CO)C(O)C(O)C2O)C(O)C(O)C1O)OC(=O)CCCCCC/C=C\C/C=C\C/C=C\C/C=C\CC. The van der Waals surface area contributed by atoms with Crippen LogP contribution in [0.4, 0.5) is 0 Å². The van der Waals surface area contributed by atoms with E-state index < -0.39 is 86.7 Å². The van der Waals surface area contributed by atoms with E-state index in [1.807, 2.05) is 0 Å². The van der Waals surface area contributed by atoms with E-state index in [0.29, 0.717) is 13.0 Å². The highest BCUT2D eigenvalue weighted by Crippen LogP contribution is 2.26. The second kappa shape index (κ2) is 48.5. The summed E-state index contributed by atoms with van der Waals surface area (Å²) in [6, 6.07) is 0. The van der Waals surface area contributed by atoms with Crippen LogP contribution in [0.5, 0.6) is 0 Å². The number of carbonyl (C=O) groups is 1. The maximum absolute atomic E-state index is 13.1. The number of carbonyl (C=O) groups excluding carboxylic acids is 1. The van der Waals surface area contributed by atoms with Crippen molar-refractivity contribution < 1.29 is 69.0 Å². The van der Waals surface area contributed by atoms with Gasteiger partial charge in [0.25, 0.3) is 0 Å². The van der Waals surface area contributed by atoms with Crippen molar-refractivity contribution in [2.45, 2.75) is 248 Å². The zero-order valence-corrected chi connectivity index (χ0v) is 47.2. The van der Waals surface area contributed by atoms with Gasteiger partial charge in [0.2, 0.25) is 0 Å². The lowest BCUT2D eigenvalue weighted by atomic mass is 9.98. The Kier molecular flexibility index (Phi) is 44.0. The number of unbranched alkanes of at least 4 members (excludes halogenated alkanes) is 14. The van der Waals surface area contributed by atoms with E-state index in [4.69, 9.17) is 28.4 Å². The minimum atomic E-state index is -1.72. The van der Waals surface area contributed by atoms with Crippen LogP contribution in [0, 0.1) is 0 Å². The number of rotatable bonds is 46. The summed E-state index contributed by atoms with van der Waals surface area (Å²) < 4.78 is 34.4. The molecule has 2 rings (SSSR count). The van der Waals surface area contributed by atoms with Gasteiger partial charge in [0.05, 0.1) is 26.4 Å². The number of hydrogen-bond donors (Lipinski definition) is 7. The van der Waals surface area contributed by atoms with E-state index in [1.165, 1.54) is 44.9 Å². The van der Waals surface area contributed by atoms with Gasteiger partial charge in [0, 0.05) is 13.0 Å². The molecule has 0 aromatic carbocycles. The summed E-state index contributed by atoms with van der Waals surface area (Å²) in [4.78, 5) is 13.1. The summed E-state index contributed by atoms with van der Waals surface area (Å²) >= 11 is 0. The molecule has 2 heterocycles. The zero-order chi connectivity index (χ0) is 55.8. The smallest absolute Gasteiger partial charge is 0.306 e. The first-order chi connectivity index (χ1) is 37.6. The number of aliphatic hydroxyl groups excluding tert-OH is 7. The molecule has 0 radical (unpaired) electrons. The molecule has 2 fully saturated rings. The van der Waals surface area contributed by atoms with Crippen LogP contribution in [0.1, 0.15) is 181 Å². The molecule has 0 aliphatic carbocycles. The minimum absolute atomic E-state index is 0.0410. The van der Waals surface area contributed by atoms with Crippen LogP contribution in [0.25, 0.3) is 0 Å². The molecule has 11 atom stereocenters. The van der Waals surface area contributed by atoms with Gasteiger partial charge in [0.1, 0.15) is 54.9 Å². The van der Waals surface area contributed by atoms with Crippen molar-refractivity contribution in [2.24, 2.45) is 0 Å². The standard InChI is InChI=1S/C63H104O14/c1-3-5-7-9-11-13-15-17-19-21-22-23-24-25-26-27-28-29-31-33-35-37-39-41-43-45-47-72-49-52(75-55(65)46-44-42-40-38-36-34-32-30-20-18-16-14-12-10-8-6-4-2)50-73-62-61(71)59(69)57(67)54(77-62)51-74-63-60(70)58(68)56(66)53(48-64)76-63/h5-8,11-14,17-20,22-23,25-26,32,34,52-54,56-64,66-71H,3-4,9-10,15-16,21,24,27-31,33,35-51H2,1-2H3/b7-5-,8-6-,13-11-,14-12-,19-17-,20-18-,23-22-,26-25-,34-32-. The Labute approximate surface area is 464 Å². The average molecular weight is 1090 g/mol. The van der Waals surface area contributed by atoms with E-state index >= 15 is 0 Å². The summed E-state index contributed by atoms with van der Waals surface area (Å²) in [6.07, 6.45) is 50.0. The van der Waals surface area contributed by atoms with Gasteiger partial charge < -0.3 is 64.2 Å². The third-order valence-electron chi connectivity index (χ3n) is 13.3.